The summed E-state index contributed by atoms with van der Waals surface area (Å²) in [6.45, 7) is 2.18. The molecule has 3 rings (SSSR count). The van der Waals surface area contributed by atoms with Gasteiger partial charge in [-0.15, -0.1) is 0 Å². The molecule has 14 heavy (non-hydrogen) atoms. The van der Waals surface area contributed by atoms with Gasteiger partial charge in [0.2, 0.25) is 0 Å². The molecule has 1 aromatic carbocycles. The number of aryl methyl sites for hydroxylation is 1. The van der Waals surface area contributed by atoms with E-state index in [0.29, 0.717) is 14.5 Å². The first-order chi connectivity index (χ1) is 6.86. The Hall–Kier alpha value is -1.11. The summed E-state index contributed by atoms with van der Waals surface area (Å²) in [4.78, 5) is 4.21. The summed E-state index contributed by atoms with van der Waals surface area (Å²) >= 11 is 0.486. The maximum atomic E-state index is 4.21. The van der Waals surface area contributed by atoms with Crippen LogP contribution in [0.15, 0.2) is 36.7 Å². The Morgan fingerprint density at radius 3 is 3.00 bits per heavy atom. The van der Waals surface area contributed by atoms with E-state index in [0.717, 1.165) is 0 Å². The van der Waals surface area contributed by atoms with E-state index in [1.54, 1.807) is 0 Å². The second-order valence-electron chi connectivity index (χ2n) is 3.42. The quantitative estimate of drug-likeness (QED) is 0.556. The SMILES string of the molecule is Cc1cccc2[se]c3ccncc3c12. The van der Waals surface area contributed by atoms with Gasteiger partial charge in [-0.05, 0) is 0 Å². The van der Waals surface area contributed by atoms with Crippen LogP contribution in [0.25, 0.3) is 19.3 Å². The molecule has 0 aliphatic heterocycles. The normalized spacial score (nSPS) is 11.2. The molecule has 0 bridgehead atoms. The van der Waals surface area contributed by atoms with Gasteiger partial charge in [-0.2, -0.15) is 0 Å². The molecular formula is C12H9NSe. The zero-order chi connectivity index (χ0) is 9.54. The molecule has 68 valence electrons. The van der Waals surface area contributed by atoms with Crippen molar-refractivity contribution >= 4 is 33.8 Å². The number of rotatable bonds is 0. The fourth-order valence-corrected chi connectivity index (χ4v) is 4.26. The molecule has 0 unspecified atom stereocenters. The molecule has 0 N–H and O–H groups in total. The van der Waals surface area contributed by atoms with Gasteiger partial charge in [0.05, 0.1) is 0 Å². The van der Waals surface area contributed by atoms with Crippen LogP contribution in [0.3, 0.4) is 0 Å². The van der Waals surface area contributed by atoms with Crippen LogP contribution in [0.4, 0.5) is 0 Å². The average Bonchev–Trinajstić information content (AvgIpc) is 2.57. The standard InChI is InChI=1S/C12H9NSe/c1-8-3-2-4-11-12(8)9-7-13-6-5-10(9)14-11/h2-7H,1H3. The molecule has 0 saturated carbocycles. The van der Waals surface area contributed by atoms with Gasteiger partial charge in [-0.1, -0.05) is 0 Å². The molecule has 0 aliphatic carbocycles. The minimum absolute atomic E-state index is 0.486. The van der Waals surface area contributed by atoms with E-state index in [4.69, 9.17) is 0 Å². The summed E-state index contributed by atoms with van der Waals surface area (Å²) in [5.41, 5.74) is 1.37. The van der Waals surface area contributed by atoms with Crippen molar-refractivity contribution in [3.05, 3.63) is 42.2 Å². The average molecular weight is 246 g/mol. The van der Waals surface area contributed by atoms with E-state index in [1.165, 1.54) is 24.9 Å². The Morgan fingerprint density at radius 2 is 2.07 bits per heavy atom. The second kappa shape index (κ2) is 2.94. The Kier molecular flexibility index (Phi) is 1.73. The zero-order valence-corrected chi connectivity index (χ0v) is 9.53. The molecule has 2 heterocycles. The molecule has 0 saturated heterocycles. The minimum atomic E-state index is 0.486. The van der Waals surface area contributed by atoms with Gasteiger partial charge < -0.3 is 0 Å². The third-order valence-corrected chi connectivity index (χ3v) is 4.89. The Labute approximate surface area is 88.1 Å². The molecule has 2 heteroatoms. The van der Waals surface area contributed by atoms with E-state index in [2.05, 4.69) is 36.2 Å². The van der Waals surface area contributed by atoms with Crippen molar-refractivity contribution in [3.63, 3.8) is 0 Å². The monoisotopic (exact) mass is 247 g/mol. The number of aromatic nitrogens is 1. The van der Waals surface area contributed by atoms with E-state index in [-0.39, 0.29) is 0 Å². The van der Waals surface area contributed by atoms with Gasteiger partial charge in [-0.3, -0.25) is 0 Å². The summed E-state index contributed by atoms with van der Waals surface area (Å²) < 4.78 is 2.97. The van der Waals surface area contributed by atoms with Crippen molar-refractivity contribution in [2.75, 3.05) is 0 Å². The summed E-state index contributed by atoms with van der Waals surface area (Å²) in [6.07, 6.45) is 3.89. The van der Waals surface area contributed by atoms with E-state index >= 15 is 0 Å². The fraction of sp³-hybridized carbons (Fsp3) is 0.0833. The predicted molar refractivity (Wildman–Crippen MR) is 60.9 cm³/mol. The molecule has 0 fully saturated rings. The van der Waals surface area contributed by atoms with E-state index < -0.39 is 0 Å². The first kappa shape index (κ1) is 8.22. The number of fused-ring (bicyclic) bond motifs is 3. The summed E-state index contributed by atoms with van der Waals surface area (Å²) in [5.74, 6) is 0. The van der Waals surface area contributed by atoms with Crippen LogP contribution in [-0.2, 0) is 0 Å². The molecule has 1 nitrogen and oxygen atoms in total. The summed E-state index contributed by atoms with van der Waals surface area (Å²) in [5, 5.41) is 2.77. The molecule has 0 amide bonds. The number of nitrogens with zero attached hydrogens (tertiary/aromatic N) is 1. The third kappa shape index (κ3) is 1.05. The van der Waals surface area contributed by atoms with Crippen LogP contribution >= 0.6 is 0 Å². The first-order valence-electron chi connectivity index (χ1n) is 4.58. The number of pyridine rings is 1. The summed E-state index contributed by atoms with van der Waals surface area (Å²) in [7, 11) is 0. The number of hydrogen-bond donors (Lipinski definition) is 0. The van der Waals surface area contributed by atoms with Crippen LogP contribution in [0.1, 0.15) is 5.56 Å². The van der Waals surface area contributed by atoms with Gasteiger partial charge in [-0.25, -0.2) is 0 Å². The van der Waals surface area contributed by atoms with E-state index in [9.17, 15) is 0 Å². The Balaban J connectivity index is 2.65. The fourth-order valence-electron chi connectivity index (χ4n) is 1.85. The molecule has 0 radical (unpaired) electrons. The third-order valence-electron chi connectivity index (χ3n) is 2.50. The molecule has 0 aliphatic rings. The summed E-state index contributed by atoms with van der Waals surface area (Å²) in [6, 6.07) is 8.71. The Bertz CT molecular complexity index is 610. The van der Waals surface area contributed by atoms with Gasteiger partial charge in [0, 0.05) is 0 Å². The van der Waals surface area contributed by atoms with Crippen LogP contribution in [0, 0.1) is 6.92 Å². The Morgan fingerprint density at radius 1 is 1.14 bits per heavy atom. The van der Waals surface area contributed by atoms with Crippen molar-refractivity contribution in [2.45, 2.75) is 6.92 Å². The van der Waals surface area contributed by atoms with Crippen molar-refractivity contribution in [2.24, 2.45) is 0 Å². The predicted octanol–water partition coefficient (Wildman–Crippen LogP) is 2.75. The van der Waals surface area contributed by atoms with Gasteiger partial charge in [0.25, 0.3) is 0 Å². The van der Waals surface area contributed by atoms with Crippen LogP contribution < -0.4 is 0 Å². The van der Waals surface area contributed by atoms with Crippen molar-refractivity contribution in [1.29, 1.82) is 0 Å². The topological polar surface area (TPSA) is 12.9 Å². The van der Waals surface area contributed by atoms with Crippen LogP contribution in [0.5, 0.6) is 0 Å². The molecule has 3 aromatic rings. The maximum absolute atomic E-state index is 4.21. The van der Waals surface area contributed by atoms with Crippen molar-refractivity contribution in [3.8, 4) is 0 Å². The molecule has 2 aromatic heterocycles. The number of hydrogen-bond acceptors (Lipinski definition) is 1. The van der Waals surface area contributed by atoms with Crippen molar-refractivity contribution in [1.82, 2.24) is 4.98 Å². The first-order valence-corrected chi connectivity index (χ1v) is 6.29. The number of benzene rings is 1. The van der Waals surface area contributed by atoms with Crippen molar-refractivity contribution < 1.29 is 0 Å². The molecule has 0 spiro atoms. The molecular weight excluding hydrogens is 237 g/mol. The van der Waals surface area contributed by atoms with Gasteiger partial charge in [0.15, 0.2) is 0 Å². The zero-order valence-electron chi connectivity index (χ0n) is 7.82. The van der Waals surface area contributed by atoms with Gasteiger partial charge in [0.1, 0.15) is 0 Å². The second-order valence-corrected chi connectivity index (χ2v) is 5.70. The van der Waals surface area contributed by atoms with Gasteiger partial charge >= 0.3 is 87.9 Å². The van der Waals surface area contributed by atoms with E-state index in [1.807, 2.05) is 12.4 Å². The van der Waals surface area contributed by atoms with Crippen LogP contribution in [0.2, 0.25) is 0 Å². The molecule has 0 atom stereocenters. The van der Waals surface area contributed by atoms with Crippen LogP contribution in [-0.4, -0.2) is 19.5 Å².